The minimum absolute atomic E-state index is 0.503. The van der Waals surface area contributed by atoms with E-state index in [9.17, 15) is 9.59 Å². The zero-order valence-corrected chi connectivity index (χ0v) is 9.11. The topological polar surface area (TPSA) is 98.7 Å². The molecule has 0 radical (unpaired) electrons. The van der Waals surface area contributed by atoms with Gasteiger partial charge in [0.05, 0.1) is 6.61 Å². The molecule has 1 saturated carbocycles. The van der Waals surface area contributed by atoms with Gasteiger partial charge in [-0.15, -0.1) is 0 Å². The van der Waals surface area contributed by atoms with Gasteiger partial charge in [0.2, 0.25) is 0 Å². The molecule has 0 unspecified atom stereocenters. The fourth-order valence-electron chi connectivity index (χ4n) is 1.85. The Bertz CT molecular complexity index is 251. The van der Waals surface area contributed by atoms with Crippen LogP contribution in [0.5, 0.6) is 0 Å². The minimum Gasteiger partial charge on any atom is -0.480 e. The maximum Gasteiger partial charge on any atom is 0.328 e. The van der Waals surface area contributed by atoms with E-state index < -0.39 is 24.6 Å². The average molecular weight is 230 g/mol. The molecule has 0 aliphatic heterocycles. The van der Waals surface area contributed by atoms with Crippen LogP contribution in [0, 0.1) is 5.92 Å². The Labute approximate surface area is 94.0 Å². The summed E-state index contributed by atoms with van der Waals surface area (Å²) in [4.78, 5) is 21.8. The Kier molecular flexibility index (Phi) is 5.04. The highest BCUT2D eigenvalue weighted by atomic mass is 16.4. The molecule has 6 heteroatoms. The second-order valence-electron chi connectivity index (χ2n) is 4.08. The lowest BCUT2D eigenvalue weighted by Crippen LogP contribution is -2.48. The third-order valence-electron chi connectivity index (χ3n) is 2.81. The van der Waals surface area contributed by atoms with Crippen LogP contribution >= 0.6 is 0 Å². The van der Waals surface area contributed by atoms with Crippen LogP contribution in [0.4, 0.5) is 4.79 Å². The van der Waals surface area contributed by atoms with Crippen molar-refractivity contribution >= 4 is 12.0 Å². The number of hydrogen-bond donors (Lipinski definition) is 4. The molecule has 4 N–H and O–H groups in total. The van der Waals surface area contributed by atoms with Crippen LogP contribution in [-0.2, 0) is 4.79 Å². The predicted molar refractivity (Wildman–Crippen MR) is 57.0 cm³/mol. The monoisotopic (exact) mass is 230 g/mol. The van der Waals surface area contributed by atoms with Crippen LogP contribution in [0.15, 0.2) is 0 Å². The fourth-order valence-corrected chi connectivity index (χ4v) is 1.85. The van der Waals surface area contributed by atoms with E-state index in [2.05, 4.69) is 10.6 Å². The number of rotatable bonds is 5. The summed E-state index contributed by atoms with van der Waals surface area (Å²) < 4.78 is 0. The number of aliphatic hydroxyl groups is 1. The fraction of sp³-hybridized carbons (Fsp3) is 0.800. The summed E-state index contributed by atoms with van der Waals surface area (Å²) in [5.74, 6) is -0.735. The van der Waals surface area contributed by atoms with Crippen molar-refractivity contribution in [1.29, 1.82) is 0 Å². The van der Waals surface area contributed by atoms with Gasteiger partial charge < -0.3 is 20.8 Å². The molecule has 6 nitrogen and oxygen atoms in total. The number of carbonyl (C=O) groups is 2. The Balaban J connectivity index is 2.21. The van der Waals surface area contributed by atoms with Crippen molar-refractivity contribution in [3.63, 3.8) is 0 Å². The maximum atomic E-state index is 11.3. The molecule has 0 aromatic rings. The van der Waals surface area contributed by atoms with Gasteiger partial charge in [-0.25, -0.2) is 9.59 Å². The Morgan fingerprint density at radius 3 is 2.44 bits per heavy atom. The number of carbonyl (C=O) groups excluding carboxylic acids is 1. The second kappa shape index (κ2) is 6.32. The number of aliphatic hydroxyl groups excluding tert-OH is 1. The first-order chi connectivity index (χ1) is 7.63. The van der Waals surface area contributed by atoms with E-state index >= 15 is 0 Å². The Morgan fingerprint density at radius 1 is 1.31 bits per heavy atom. The molecule has 2 amide bonds. The number of aliphatic carboxylic acids is 1. The van der Waals surface area contributed by atoms with Crippen molar-refractivity contribution in [2.45, 2.75) is 31.7 Å². The van der Waals surface area contributed by atoms with Crippen molar-refractivity contribution < 1.29 is 19.8 Å². The summed E-state index contributed by atoms with van der Waals surface area (Å²) in [7, 11) is 0. The molecule has 1 atom stereocenters. The highest BCUT2D eigenvalue weighted by Gasteiger charge is 2.20. The van der Waals surface area contributed by atoms with Gasteiger partial charge in [0.1, 0.15) is 0 Å². The van der Waals surface area contributed by atoms with E-state index in [4.69, 9.17) is 10.2 Å². The molecule has 0 aromatic carbocycles. The Morgan fingerprint density at radius 2 is 1.94 bits per heavy atom. The van der Waals surface area contributed by atoms with Gasteiger partial charge in [0, 0.05) is 6.54 Å². The molecule has 0 heterocycles. The third-order valence-corrected chi connectivity index (χ3v) is 2.81. The standard InChI is InChI=1S/C10H18N2O4/c13-6-8(9(14)15)12-10(16)11-5-7-3-1-2-4-7/h7-8,13H,1-6H2,(H,14,15)(H2,11,12,16)/t8-/m1/s1. The molecule has 0 spiro atoms. The summed E-state index contributed by atoms with van der Waals surface area (Å²) in [6, 6.07) is -1.77. The van der Waals surface area contributed by atoms with E-state index in [1.165, 1.54) is 12.8 Å². The molecule has 0 aromatic heterocycles. The number of nitrogens with one attached hydrogen (secondary N) is 2. The van der Waals surface area contributed by atoms with Gasteiger partial charge in [-0.3, -0.25) is 0 Å². The van der Waals surface area contributed by atoms with Gasteiger partial charge in [-0.05, 0) is 18.8 Å². The number of carboxylic acid groups (broad SMARTS) is 1. The summed E-state index contributed by atoms with van der Waals surface area (Å²) in [5, 5.41) is 22.1. The largest absolute Gasteiger partial charge is 0.480 e. The first-order valence-corrected chi connectivity index (χ1v) is 5.51. The summed E-state index contributed by atoms with van der Waals surface area (Å²) >= 11 is 0. The third kappa shape index (κ3) is 4.06. The van der Waals surface area contributed by atoms with E-state index in [0.717, 1.165) is 12.8 Å². The van der Waals surface area contributed by atoms with Crippen molar-refractivity contribution in [2.75, 3.05) is 13.2 Å². The highest BCUT2D eigenvalue weighted by Crippen LogP contribution is 2.23. The predicted octanol–water partition coefficient (Wildman–Crippen LogP) is -0.0787. The number of amides is 2. The van der Waals surface area contributed by atoms with E-state index in [1.807, 2.05) is 0 Å². The minimum atomic E-state index is -1.24. The molecule has 16 heavy (non-hydrogen) atoms. The van der Waals surface area contributed by atoms with Crippen molar-refractivity contribution in [1.82, 2.24) is 10.6 Å². The van der Waals surface area contributed by atoms with Gasteiger partial charge >= 0.3 is 12.0 Å². The lowest BCUT2D eigenvalue weighted by Gasteiger charge is -2.14. The maximum absolute atomic E-state index is 11.3. The molecule has 92 valence electrons. The molecule has 0 bridgehead atoms. The SMILES string of the molecule is O=C(NCC1CCCC1)N[C@H](CO)C(=O)O. The van der Waals surface area contributed by atoms with Crippen molar-refractivity contribution in [3.8, 4) is 0 Å². The number of urea groups is 1. The molecule has 1 aliphatic rings. The number of carboxylic acids is 1. The van der Waals surface area contributed by atoms with Crippen LogP contribution in [0.25, 0.3) is 0 Å². The van der Waals surface area contributed by atoms with Crippen molar-refractivity contribution in [3.05, 3.63) is 0 Å². The van der Waals surface area contributed by atoms with Crippen LogP contribution in [0.3, 0.4) is 0 Å². The van der Waals surface area contributed by atoms with Gasteiger partial charge in [-0.1, -0.05) is 12.8 Å². The average Bonchev–Trinajstić information content (AvgIpc) is 2.75. The van der Waals surface area contributed by atoms with Crippen LogP contribution in [-0.4, -0.2) is 41.4 Å². The van der Waals surface area contributed by atoms with Crippen LogP contribution < -0.4 is 10.6 Å². The zero-order valence-electron chi connectivity index (χ0n) is 9.11. The first-order valence-electron chi connectivity index (χ1n) is 5.51. The normalized spacial score (nSPS) is 18.1. The molecule has 1 rings (SSSR count). The first kappa shape index (κ1) is 12.8. The molecular formula is C10H18N2O4. The number of hydrogen-bond acceptors (Lipinski definition) is 3. The second-order valence-corrected chi connectivity index (χ2v) is 4.08. The van der Waals surface area contributed by atoms with Gasteiger partial charge in [0.25, 0.3) is 0 Å². The molecule has 1 fully saturated rings. The lowest BCUT2D eigenvalue weighted by atomic mass is 10.1. The summed E-state index contributed by atoms with van der Waals surface area (Å²) in [6.07, 6.45) is 4.62. The van der Waals surface area contributed by atoms with Crippen LogP contribution in [0.2, 0.25) is 0 Å². The van der Waals surface area contributed by atoms with Gasteiger partial charge in [0.15, 0.2) is 6.04 Å². The highest BCUT2D eigenvalue weighted by molar-refractivity contribution is 5.82. The molecule has 0 saturated heterocycles. The Hall–Kier alpha value is -1.30. The zero-order chi connectivity index (χ0) is 12.0. The van der Waals surface area contributed by atoms with E-state index in [1.54, 1.807) is 0 Å². The van der Waals surface area contributed by atoms with Gasteiger partial charge in [-0.2, -0.15) is 0 Å². The lowest BCUT2D eigenvalue weighted by molar-refractivity contribution is -0.140. The van der Waals surface area contributed by atoms with E-state index in [0.29, 0.717) is 12.5 Å². The smallest absolute Gasteiger partial charge is 0.328 e. The summed E-state index contributed by atoms with van der Waals surface area (Å²) in [5.41, 5.74) is 0. The quantitative estimate of drug-likeness (QED) is 0.531. The van der Waals surface area contributed by atoms with Crippen molar-refractivity contribution in [2.24, 2.45) is 5.92 Å². The van der Waals surface area contributed by atoms with E-state index in [-0.39, 0.29) is 0 Å². The summed E-state index contributed by atoms with van der Waals surface area (Å²) in [6.45, 7) is -0.0320. The van der Waals surface area contributed by atoms with Crippen LogP contribution in [0.1, 0.15) is 25.7 Å². The molecular weight excluding hydrogens is 212 g/mol. The molecule has 1 aliphatic carbocycles.